The van der Waals surface area contributed by atoms with Crippen molar-refractivity contribution in [2.45, 2.75) is 31.4 Å². The van der Waals surface area contributed by atoms with E-state index in [0.29, 0.717) is 46.0 Å². The zero-order valence-corrected chi connectivity index (χ0v) is 29.5. The third kappa shape index (κ3) is 9.13. The van der Waals surface area contributed by atoms with E-state index >= 15 is 4.39 Å². The number of halogens is 3. The molecule has 1 amide bonds. The third-order valence-electron chi connectivity index (χ3n) is 7.95. The van der Waals surface area contributed by atoms with Crippen LogP contribution in [0.5, 0.6) is 11.5 Å². The number of nitrogens with zero attached hydrogens (tertiary/aromatic N) is 3. The number of carbonyl (C=O) groups excluding carboxylic acids is 2. The minimum absolute atomic E-state index is 0.00889. The molecule has 2 atom stereocenters. The van der Waals surface area contributed by atoms with Crippen LogP contribution in [0.15, 0.2) is 60.9 Å². The number of aromatic nitrogens is 1. The number of carbonyl (C=O) groups is 3. The van der Waals surface area contributed by atoms with Gasteiger partial charge in [0.25, 0.3) is 6.47 Å². The van der Waals surface area contributed by atoms with Crippen LogP contribution in [-0.2, 0) is 22.5 Å². The van der Waals surface area contributed by atoms with E-state index in [-0.39, 0.29) is 46.2 Å². The molecule has 0 spiro atoms. The van der Waals surface area contributed by atoms with Crippen LogP contribution in [-0.4, -0.2) is 74.2 Å². The van der Waals surface area contributed by atoms with Crippen molar-refractivity contribution in [2.24, 2.45) is 0 Å². The summed E-state index contributed by atoms with van der Waals surface area (Å²) in [6.07, 6.45) is 2.17. The maximum Gasteiger partial charge on any atom is 0.415 e. The first-order valence-corrected chi connectivity index (χ1v) is 16.6. The van der Waals surface area contributed by atoms with E-state index in [1.807, 2.05) is 11.9 Å². The maximum atomic E-state index is 15.1. The summed E-state index contributed by atoms with van der Waals surface area (Å²) in [5.41, 5.74) is 1.43. The van der Waals surface area contributed by atoms with Crippen molar-refractivity contribution in [3.05, 3.63) is 103 Å². The van der Waals surface area contributed by atoms with Crippen LogP contribution in [0.25, 0.3) is 0 Å². The Hall–Kier alpha value is -4.63. The number of methoxy groups -OCH3 is 2. The van der Waals surface area contributed by atoms with Crippen LogP contribution in [0.1, 0.15) is 43.6 Å². The standard InChI is InChI=1S/C33H32Cl2FN3O7S.CH2O2/c1-37-11-10-20(15-37)46-33(42)39(28-7-5-4-6-27(28)36)16-21-13-23(31(47-21)32(40)41)22(14-24-25(34)17-38(43)18-26(24)35)19-8-9-29(44-2)30(12-19)45-3;2-1-3/h4-9,12-13,17-18,20,22H,10-11,14-16H2,1-3H3,(H-,40,41,43);1H,(H,2,3)/t20-,22+;/m1./s1. The minimum Gasteiger partial charge on any atom is -0.544 e. The van der Waals surface area contributed by atoms with Crippen molar-refractivity contribution < 1.29 is 53.1 Å². The van der Waals surface area contributed by atoms with Crippen molar-refractivity contribution in [1.29, 1.82) is 0 Å². The molecule has 2 N–H and O–H groups in total. The number of para-hydroxylation sites is 1. The molecule has 266 valence electrons. The normalized spacial score (nSPS) is 14.6. The lowest BCUT2D eigenvalue weighted by molar-refractivity contribution is -0.904. The minimum atomic E-state index is -1.44. The molecule has 0 aliphatic carbocycles. The molecule has 16 heteroatoms. The summed E-state index contributed by atoms with van der Waals surface area (Å²) < 4.78 is 32.5. The van der Waals surface area contributed by atoms with Gasteiger partial charge in [-0.1, -0.05) is 41.4 Å². The smallest absolute Gasteiger partial charge is 0.415 e. The van der Waals surface area contributed by atoms with Gasteiger partial charge in [-0.15, -0.1) is 11.3 Å². The summed E-state index contributed by atoms with van der Waals surface area (Å²) in [5, 5.41) is 29.8. The first kappa shape index (κ1) is 38.2. The second-order valence-electron chi connectivity index (χ2n) is 11.2. The maximum absolute atomic E-state index is 15.1. The quantitative estimate of drug-likeness (QED) is 0.121. The third-order valence-corrected chi connectivity index (χ3v) is 9.72. The number of ether oxygens (including phenoxy) is 3. The average molecular weight is 751 g/mol. The predicted molar refractivity (Wildman–Crippen MR) is 181 cm³/mol. The first-order valence-electron chi connectivity index (χ1n) is 15.0. The average Bonchev–Trinajstić information content (AvgIpc) is 3.69. The zero-order chi connectivity index (χ0) is 36.5. The predicted octanol–water partition coefficient (Wildman–Crippen LogP) is 5.02. The SMILES string of the molecule is COc1ccc([C@H](Cc2c(Cl)c[n+](O)cc2Cl)c2cc(CN(C(=O)O[C@@H]3CCN(C)C3)c3ccccc3F)sc2C(=O)[O-])cc1OC.O=CO. The second-order valence-corrected chi connectivity index (χ2v) is 13.1. The lowest BCUT2D eigenvalue weighted by atomic mass is 9.85. The Balaban J connectivity index is 0.00000181. The number of pyridine rings is 1. The van der Waals surface area contributed by atoms with Gasteiger partial charge >= 0.3 is 6.09 Å². The zero-order valence-electron chi connectivity index (χ0n) is 27.2. The number of hydrogen-bond acceptors (Lipinski definition) is 10. The number of aromatic carboxylic acids is 1. The van der Waals surface area contributed by atoms with Gasteiger partial charge in [-0.2, -0.15) is 0 Å². The summed E-state index contributed by atoms with van der Waals surface area (Å²) in [7, 11) is 4.90. The van der Waals surface area contributed by atoms with Crippen LogP contribution in [0, 0.1) is 5.82 Å². The molecule has 2 aromatic heterocycles. The second kappa shape index (κ2) is 17.3. The van der Waals surface area contributed by atoms with Gasteiger partial charge in [0.15, 0.2) is 11.5 Å². The number of carboxylic acids is 1. The fourth-order valence-corrected chi connectivity index (χ4v) is 7.29. The van der Waals surface area contributed by atoms with Crippen LogP contribution < -0.4 is 24.2 Å². The first-order chi connectivity index (χ1) is 23.9. The van der Waals surface area contributed by atoms with Crippen molar-refractivity contribution in [1.82, 2.24) is 4.90 Å². The number of likely N-dealkylation sites (N-methyl/N-ethyl adjacent to an activating group) is 1. The molecule has 0 saturated carbocycles. The largest absolute Gasteiger partial charge is 0.544 e. The molecule has 1 aliphatic heterocycles. The molecule has 1 fully saturated rings. The lowest BCUT2D eigenvalue weighted by Gasteiger charge is -2.24. The summed E-state index contributed by atoms with van der Waals surface area (Å²) in [6.45, 7) is 0.873. The number of amides is 1. The van der Waals surface area contributed by atoms with E-state index in [1.165, 1.54) is 49.7 Å². The Morgan fingerprint density at radius 2 is 1.80 bits per heavy atom. The molecule has 12 nitrogen and oxygen atoms in total. The van der Waals surface area contributed by atoms with Gasteiger partial charge in [0, 0.05) is 34.2 Å². The van der Waals surface area contributed by atoms with E-state index in [9.17, 15) is 19.9 Å². The topological polar surface area (TPSA) is 153 Å². The molecule has 2 aromatic carbocycles. The Kier molecular flexibility index (Phi) is 13.2. The van der Waals surface area contributed by atoms with E-state index < -0.39 is 23.8 Å². The molecular weight excluding hydrogens is 716 g/mol. The van der Waals surface area contributed by atoms with Gasteiger partial charge < -0.3 is 34.1 Å². The Labute approximate surface area is 301 Å². The highest BCUT2D eigenvalue weighted by Gasteiger charge is 2.30. The Morgan fingerprint density at radius 1 is 1.14 bits per heavy atom. The molecule has 5 rings (SSSR count). The van der Waals surface area contributed by atoms with Gasteiger partial charge in [-0.05, 0) is 61.3 Å². The number of carboxylic acid groups (broad SMARTS) is 2. The number of rotatable bonds is 11. The summed E-state index contributed by atoms with van der Waals surface area (Å²) in [4.78, 5) is 38.1. The summed E-state index contributed by atoms with van der Waals surface area (Å²) in [6, 6.07) is 12.6. The molecule has 0 radical (unpaired) electrons. The van der Waals surface area contributed by atoms with Crippen LogP contribution in [0.3, 0.4) is 0 Å². The number of hydrogen-bond donors (Lipinski definition) is 2. The molecule has 3 heterocycles. The van der Waals surface area contributed by atoms with E-state index in [0.717, 1.165) is 22.6 Å². The van der Waals surface area contributed by atoms with Gasteiger partial charge in [0.1, 0.15) is 22.0 Å². The van der Waals surface area contributed by atoms with Gasteiger partial charge in [-0.3, -0.25) is 14.9 Å². The molecule has 50 heavy (non-hydrogen) atoms. The van der Waals surface area contributed by atoms with Gasteiger partial charge in [0.05, 0.1) is 37.3 Å². The number of likely N-dealkylation sites (tertiary alicyclic amines) is 1. The monoisotopic (exact) mass is 749 g/mol. The van der Waals surface area contributed by atoms with Crippen molar-refractivity contribution in [2.75, 3.05) is 39.3 Å². The summed E-state index contributed by atoms with van der Waals surface area (Å²) in [5.74, 6) is -1.88. The van der Waals surface area contributed by atoms with Crippen molar-refractivity contribution >= 4 is 58.8 Å². The Morgan fingerprint density at radius 3 is 2.38 bits per heavy atom. The van der Waals surface area contributed by atoms with E-state index in [4.69, 9.17) is 47.3 Å². The van der Waals surface area contributed by atoms with Crippen molar-refractivity contribution in [3.8, 4) is 11.5 Å². The Bertz CT molecular complexity index is 1820. The molecule has 0 unspecified atom stereocenters. The van der Waals surface area contributed by atoms with E-state index in [1.54, 1.807) is 30.3 Å². The molecule has 0 bridgehead atoms. The molecule has 1 aliphatic rings. The van der Waals surface area contributed by atoms with Crippen molar-refractivity contribution in [3.63, 3.8) is 0 Å². The van der Waals surface area contributed by atoms with Crippen LogP contribution in [0.4, 0.5) is 14.9 Å². The van der Waals surface area contributed by atoms with Crippen LogP contribution >= 0.6 is 34.5 Å². The molecule has 1 saturated heterocycles. The lowest BCUT2D eigenvalue weighted by Crippen LogP contribution is -2.35. The summed E-state index contributed by atoms with van der Waals surface area (Å²) >= 11 is 13.9. The molecule has 4 aromatic rings. The number of benzene rings is 2. The highest BCUT2D eigenvalue weighted by Crippen LogP contribution is 2.41. The fourth-order valence-electron chi connectivity index (χ4n) is 5.64. The molecular formula is C34H34Cl2FN3O9S. The van der Waals surface area contributed by atoms with Gasteiger partial charge in [-0.25, -0.2) is 9.18 Å². The van der Waals surface area contributed by atoms with Crippen LogP contribution in [0.2, 0.25) is 10.0 Å². The van der Waals surface area contributed by atoms with Gasteiger partial charge in [0.2, 0.25) is 12.4 Å². The number of anilines is 1. The van der Waals surface area contributed by atoms with E-state index in [2.05, 4.69) is 0 Å². The highest BCUT2D eigenvalue weighted by molar-refractivity contribution is 7.14. The highest BCUT2D eigenvalue weighted by atomic mass is 35.5. The fraction of sp³-hybridized carbons (Fsp3) is 0.294. The number of thiophene rings is 1.